The van der Waals surface area contributed by atoms with E-state index >= 15 is 0 Å². The van der Waals surface area contributed by atoms with Gasteiger partial charge in [-0.25, -0.2) is 9.37 Å². The number of imidazole rings is 1. The Kier molecular flexibility index (Phi) is 3.74. The number of nitrogens with zero attached hydrogens (tertiary/aromatic N) is 3. The number of aromatic nitrogens is 2. The Bertz CT molecular complexity index is 597. The Hall–Kier alpha value is -2.44. The predicted molar refractivity (Wildman–Crippen MR) is 68.3 cm³/mol. The molecule has 0 fully saturated rings. The summed E-state index contributed by atoms with van der Waals surface area (Å²) in [6.07, 6.45) is 3.39. The van der Waals surface area contributed by atoms with E-state index in [1.807, 2.05) is 11.5 Å². The molecule has 100 valence electrons. The Morgan fingerprint density at radius 1 is 1.53 bits per heavy atom. The fraction of sp³-hybridized carbons (Fsp3) is 0.250. The molecule has 1 aromatic carbocycles. The van der Waals surface area contributed by atoms with Crippen molar-refractivity contribution in [2.75, 3.05) is 5.32 Å². The summed E-state index contributed by atoms with van der Waals surface area (Å²) >= 11 is 0. The molecule has 0 radical (unpaired) electrons. The van der Waals surface area contributed by atoms with Gasteiger partial charge in [0.15, 0.2) is 5.82 Å². The van der Waals surface area contributed by atoms with Crippen LogP contribution < -0.4 is 5.32 Å². The normalized spacial score (nSPS) is 10.4. The molecular weight excluding hydrogens is 251 g/mol. The summed E-state index contributed by atoms with van der Waals surface area (Å²) in [7, 11) is 0. The van der Waals surface area contributed by atoms with E-state index in [1.165, 1.54) is 12.1 Å². The number of benzene rings is 1. The van der Waals surface area contributed by atoms with E-state index in [1.54, 1.807) is 12.5 Å². The summed E-state index contributed by atoms with van der Waals surface area (Å²) in [6, 6.07) is 3.53. The van der Waals surface area contributed by atoms with Gasteiger partial charge in [0.1, 0.15) is 0 Å². The fourth-order valence-corrected chi connectivity index (χ4v) is 1.73. The molecule has 0 spiro atoms. The van der Waals surface area contributed by atoms with E-state index in [4.69, 9.17) is 0 Å². The maximum absolute atomic E-state index is 13.6. The largest absolute Gasteiger partial charge is 0.377 e. The predicted octanol–water partition coefficient (Wildman–Crippen LogP) is 2.56. The molecule has 0 aliphatic rings. The molecular formula is C12H13FN4O2. The van der Waals surface area contributed by atoms with Gasteiger partial charge in [-0.05, 0) is 13.0 Å². The van der Waals surface area contributed by atoms with E-state index in [-0.39, 0.29) is 11.4 Å². The van der Waals surface area contributed by atoms with E-state index < -0.39 is 10.7 Å². The van der Waals surface area contributed by atoms with Crippen molar-refractivity contribution in [3.63, 3.8) is 0 Å². The molecule has 0 amide bonds. The summed E-state index contributed by atoms with van der Waals surface area (Å²) in [5, 5.41) is 13.4. The van der Waals surface area contributed by atoms with E-state index in [2.05, 4.69) is 10.3 Å². The minimum atomic E-state index is -0.642. The molecule has 0 aliphatic heterocycles. The van der Waals surface area contributed by atoms with Crippen LogP contribution in [0.3, 0.4) is 0 Å². The van der Waals surface area contributed by atoms with Crippen LogP contribution in [-0.4, -0.2) is 14.5 Å². The van der Waals surface area contributed by atoms with Crippen LogP contribution in [0, 0.1) is 15.9 Å². The van der Waals surface area contributed by atoms with Crippen LogP contribution in [0.15, 0.2) is 30.7 Å². The van der Waals surface area contributed by atoms with Crippen molar-refractivity contribution in [1.29, 1.82) is 0 Å². The van der Waals surface area contributed by atoms with Gasteiger partial charge < -0.3 is 9.88 Å². The average molecular weight is 264 g/mol. The molecule has 2 rings (SSSR count). The second-order valence-electron chi connectivity index (χ2n) is 3.95. The number of anilines is 1. The standard InChI is InChI=1S/C12H13FN4O2/c1-2-16-8-14-6-10(16)7-15-12-4-3-9(17(18)19)5-11(12)13/h3-6,8,15H,2,7H2,1H3. The third-order valence-electron chi connectivity index (χ3n) is 2.76. The lowest BCUT2D eigenvalue weighted by atomic mass is 10.2. The lowest BCUT2D eigenvalue weighted by Gasteiger charge is -2.09. The zero-order valence-corrected chi connectivity index (χ0v) is 10.3. The second-order valence-corrected chi connectivity index (χ2v) is 3.95. The van der Waals surface area contributed by atoms with Crippen LogP contribution >= 0.6 is 0 Å². The van der Waals surface area contributed by atoms with Crippen molar-refractivity contribution in [2.45, 2.75) is 20.0 Å². The first-order chi connectivity index (χ1) is 9.11. The van der Waals surface area contributed by atoms with Gasteiger partial charge in [0, 0.05) is 18.8 Å². The number of aryl methyl sites for hydroxylation is 1. The molecule has 1 N–H and O–H groups in total. The van der Waals surface area contributed by atoms with Crippen molar-refractivity contribution in [2.24, 2.45) is 0 Å². The first-order valence-corrected chi connectivity index (χ1v) is 5.78. The lowest BCUT2D eigenvalue weighted by molar-refractivity contribution is -0.385. The molecule has 0 bridgehead atoms. The zero-order chi connectivity index (χ0) is 13.8. The number of halogens is 1. The highest BCUT2D eigenvalue weighted by Crippen LogP contribution is 2.20. The van der Waals surface area contributed by atoms with Crippen molar-refractivity contribution >= 4 is 11.4 Å². The summed E-state index contributed by atoms with van der Waals surface area (Å²) in [5.74, 6) is -0.642. The third kappa shape index (κ3) is 2.87. The Balaban J connectivity index is 2.10. The Morgan fingerprint density at radius 2 is 2.32 bits per heavy atom. The van der Waals surface area contributed by atoms with Gasteiger partial charge in [0.2, 0.25) is 0 Å². The number of hydrogen-bond donors (Lipinski definition) is 1. The van der Waals surface area contributed by atoms with Crippen molar-refractivity contribution in [3.8, 4) is 0 Å². The Morgan fingerprint density at radius 3 is 2.95 bits per heavy atom. The monoisotopic (exact) mass is 264 g/mol. The van der Waals surface area contributed by atoms with Gasteiger partial charge in [0.05, 0.1) is 35.2 Å². The SMILES string of the molecule is CCn1cncc1CNc1ccc([N+](=O)[O-])cc1F. The zero-order valence-electron chi connectivity index (χ0n) is 10.3. The molecule has 1 aromatic heterocycles. The van der Waals surface area contributed by atoms with Crippen LogP contribution in [-0.2, 0) is 13.1 Å². The van der Waals surface area contributed by atoms with Crippen LogP contribution in [0.1, 0.15) is 12.6 Å². The van der Waals surface area contributed by atoms with E-state index in [0.717, 1.165) is 18.3 Å². The number of hydrogen-bond acceptors (Lipinski definition) is 4. The highest BCUT2D eigenvalue weighted by atomic mass is 19.1. The smallest absolute Gasteiger partial charge is 0.272 e. The van der Waals surface area contributed by atoms with E-state index in [9.17, 15) is 14.5 Å². The third-order valence-corrected chi connectivity index (χ3v) is 2.76. The second kappa shape index (κ2) is 5.47. The minimum absolute atomic E-state index is 0.231. The van der Waals surface area contributed by atoms with Gasteiger partial charge in [-0.2, -0.15) is 0 Å². The number of nitrogens with one attached hydrogen (secondary N) is 1. The highest BCUT2D eigenvalue weighted by Gasteiger charge is 2.10. The summed E-state index contributed by atoms with van der Waals surface area (Å²) < 4.78 is 15.6. The quantitative estimate of drug-likeness (QED) is 0.665. The average Bonchev–Trinajstić information content (AvgIpc) is 2.84. The number of rotatable bonds is 5. The molecule has 0 aliphatic carbocycles. The topological polar surface area (TPSA) is 73.0 Å². The fourth-order valence-electron chi connectivity index (χ4n) is 1.73. The summed E-state index contributed by atoms with van der Waals surface area (Å²) in [5.41, 5.74) is 0.886. The summed E-state index contributed by atoms with van der Waals surface area (Å²) in [6.45, 7) is 3.17. The molecule has 19 heavy (non-hydrogen) atoms. The van der Waals surface area contributed by atoms with Gasteiger partial charge in [-0.15, -0.1) is 0 Å². The molecule has 6 nitrogen and oxygen atoms in total. The molecule has 1 heterocycles. The molecule has 0 saturated carbocycles. The minimum Gasteiger partial charge on any atom is -0.377 e. The molecule has 0 unspecified atom stereocenters. The maximum atomic E-state index is 13.6. The van der Waals surface area contributed by atoms with Crippen LogP contribution in [0.5, 0.6) is 0 Å². The summed E-state index contributed by atoms with van der Waals surface area (Å²) in [4.78, 5) is 13.9. The Labute approximate surface area is 109 Å². The molecule has 0 atom stereocenters. The molecule has 7 heteroatoms. The van der Waals surface area contributed by atoms with Gasteiger partial charge >= 0.3 is 0 Å². The number of nitro benzene ring substituents is 1. The highest BCUT2D eigenvalue weighted by molar-refractivity contribution is 5.50. The van der Waals surface area contributed by atoms with Crippen molar-refractivity contribution < 1.29 is 9.31 Å². The van der Waals surface area contributed by atoms with Crippen molar-refractivity contribution in [3.05, 3.63) is 52.3 Å². The van der Waals surface area contributed by atoms with Gasteiger partial charge in [0.25, 0.3) is 5.69 Å². The van der Waals surface area contributed by atoms with Crippen LogP contribution in [0.25, 0.3) is 0 Å². The lowest BCUT2D eigenvalue weighted by Crippen LogP contribution is -2.07. The van der Waals surface area contributed by atoms with Gasteiger partial charge in [-0.1, -0.05) is 0 Å². The maximum Gasteiger partial charge on any atom is 0.272 e. The number of non-ortho nitro benzene ring substituents is 1. The molecule has 2 aromatic rings. The first kappa shape index (κ1) is 13.0. The van der Waals surface area contributed by atoms with E-state index in [0.29, 0.717) is 6.54 Å². The van der Waals surface area contributed by atoms with Crippen molar-refractivity contribution in [1.82, 2.24) is 9.55 Å². The van der Waals surface area contributed by atoms with Crippen LogP contribution in [0.4, 0.5) is 15.8 Å². The van der Waals surface area contributed by atoms with Gasteiger partial charge in [-0.3, -0.25) is 10.1 Å². The first-order valence-electron chi connectivity index (χ1n) is 5.78. The number of nitro groups is 1. The van der Waals surface area contributed by atoms with Crippen LogP contribution in [0.2, 0.25) is 0 Å². The molecule has 0 saturated heterocycles.